The van der Waals surface area contributed by atoms with Gasteiger partial charge in [0.25, 0.3) is 5.91 Å². The minimum atomic E-state index is -3.87. The maximum absolute atomic E-state index is 12.8. The molecule has 0 aliphatic rings. The molecule has 13 heteroatoms. The number of ether oxygens (including phenoxy) is 1. The summed E-state index contributed by atoms with van der Waals surface area (Å²) in [5.41, 5.74) is 3.28. The average molecular weight is 651 g/mol. The summed E-state index contributed by atoms with van der Waals surface area (Å²) >= 11 is 0. The monoisotopic (exact) mass is 650 g/mol. The molecule has 0 radical (unpaired) electrons. The van der Waals surface area contributed by atoms with Gasteiger partial charge in [0, 0.05) is 37.6 Å². The number of carbonyl (C=O) groups is 1. The summed E-state index contributed by atoms with van der Waals surface area (Å²) in [6.45, 7) is 7.29. The van der Waals surface area contributed by atoms with Crippen LogP contribution in [0.1, 0.15) is 61.5 Å². The van der Waals surface area contributed by atoms with Crippen LogP contribution < -0.4 is 10.1 Å². The summed E-state index contributed by atoms with van der Waals surface area (Å²) < 4.78 is 36.5. The van der Waals surface area contributed by atoms with Crippen LogP contribution in [0.5, 0.6) is 11.5 Å². The number of aromatic nitrogens is 3. The highest BCUT2D eigenvalue weighted by molar-refractivity contribution is 8.19. The van der Waals surface area contributed by atoms with E-state index in [9.17, 15) is 23.6 Å². The van der Waals surface area contributed by atoms with Crippen molar-refractivity contribution in [2.75, 3.05) is 13.2 Å². The first-order chi connectivity index (χ1) is 21.9. The Morgan fingerprint density at radius 3 is 2.52 bits per heavy atom. The Labute approximate surface area is 270 Å². The summed E-state index contributed by atoms with van der Waals surface area (Å²) in [7, 11) is -2.03. The van der Waals surface area contributed by atoms with Crippen molar-refractivity contribution in [1.82, 2.24) is 20.1 Å². The second-order valence-corrected chi connectivity index (χ2v) is 13.2. The fourth-order valence-corrected chi connectivity index (χ4v) is 5.68. The number of rotatable bonds is 15. The molecule has 0 bridgehead atoms. The molecule has 12 nitrogen and oxygen atoms in total. The van der Waals surface area contributed by atoms with Gasteiger partial charge in [0.05, 0.1) is 29.3 Å². The Kier molecular flexibility index (Phi) is 11.5. The van der Waals surface area contributed by atoms with Crippen LogP contribution in [0.3, 0.4) is 0 Å². The third-order valence-corrected chi connectivity index (χ3v) is 8.57. The molecule has 2 heterocycles. The van der Waals surface area contributed by atoms with Crippen LogP contribution >= 0.6 is 10.9 Å². The molecule has 0 aliphatic carbocycles. The van der Waals surface area contributed by atoms with Crippen molar-refractivity contribution in [3.63, 3.8) is 0 Å². The third kappa shape index (κ3) is 9.36. The molecular formula is C33H42N6O6S. The summed E-state index contributed by atoms with van der Waals surface area (Å²) in [6.07, 6.45) is 6.53. The molecule has 0 fully saturated rings. The zero-order valence-corrected chi connectivity index (χ0v) is 27.4. The highest BCUT2D eigenvalue weighted by atomic mass is 32.3. The lowest BCUT2D eigenvalue weighted by atomic mass is 9.87. The van der Waals surface area contributed by atoms with Crippen molar-refractivity contribution in [1.29, 1.82) is 0 Å². The van der Waals surface area contributed by atoms with Gasteiger partial charge in [0.2, 0.25) is 0 Å². The molecule has 4 rings (SSSR count). The van der Waals surface area contributed by atoms with E-state index in [0.29, 0.717) is 30.0 Å². The molecule has 246 valence electrons. The SMILES string of the molecule is CCc1cc(-c2ccnn2C)c(O)cc1OCCCCC(C)(C)CNC(=O)c1ccc(N=NCc2ccccc2S(O)(O)O)nc1. The molecule has 0 atom stereocenters. The van der Waals surface area contributed by atoms with Gasteiger partial charge in [0.15, 0.2) is 5.82 Å². The predicted molar refractivity (Wildman–Crippen MR) is 178 cm³/mol. The number of phenolic OH excluding ortho intramolecular Hbond substituents is 1. The standard InChI is InChI=1S/C33H42N6O6S/c1-5-23-18-26(27-14-16-37-39(27)4)28(40)19-29(23)45-17-9-8-15-33(2,3)22-35-32(41)25-12-13-31(34-20-25)38-36-21-24-10-6-7-11-30(24)46(42,43)44/h6-7,10-14,16,18-20,40,42-44H,5,8-9,15,17,21-22H2,1-4H3,(H,35,41). The first-order valence-corrected chi connectivity index (χ1v) is 16.6. The van der Waals surface area contributed by atoms with Gasteiger partial charge < -0.3 is 28.8 Å². The quantitative estimate of drug-likeness (QED) is 0.0645. The van der Waals surface area contributed by atoms with Gasteiger partial charge in [-0.15, -0.1) is 5.11 Å². The number of aromatic hydroxyl groups is 1. The maximum Gasteiger partial charge on any atom is 0.252 e. The van der Waals surface area contributed by atoms with Crippen LogP contribution in [0, 0.1) is 5.41 Å². The summed E-state index contributed by atoms with van der Waals surface area (Å²) in [5, 5.41) is 25.9. The van der Waals surface area contributed by atoms with Crippen LogP contribution in [-0.2, 0) is 20.0 Å². The Morgan fingerprint density at radius 1 is 1.07 bits per heavy atom. The molecule has 2 aromatic carbocycles. The van der Waals surface area contributed by atoms with Crippen molar-refractivity contribution >= 4 is 22.6 Å². The maximum atomic E-state index is 12.8. The molecule has 1 amide bonds. The smallest absolute Gasteiger partial charge is 0.252 e. The second-order valence-electron chi connectivity index (χ2n) is 11.8. The largest absolute Gasteiger partial charge is 0.507 e. The van der Waals surface area contributed by atoms with E-state index in [0.717, 1.165) is 42.5 Å². The van der Waals surface area contributed by atoms with Crippen molar-refractivity contribution < 1.29 is 28.3 Å². The minimum absolute atomic E-state index is 0.000110. The lowest BCUT2D eigenvalue weighted by Crippen LogP contribution is -2.34. The summed E-state index contributed by atoms with van der Waals surface area (Å²) in [4.78, 5) is 16.9. The van der Waals surface area contributed by atoms with Gasteiger partial charge in [-0.1, -0.05) is 39.0 Å². The zero-order valence-electron chi connectivity index (χ0n) is 26.6. The number of hydrogen-bond acceptors (Lipinski definition) is 10. The van der Waals surface area contributed by atoms with Gasteiger partial charge in [-0.2, -0.15) is 10.2 Å². The average Bonchev–Trinajstić information content (AvgIpc) is 3.45. The first-order valence-electron chi connectivity index (χ1n) is 15.1. The molecule has 0 saturated heterocycles. The van der Waals surface area contributed by atoms with Crippen LogP contribution in [0.4, 0.5) is 5.82 Å². The van der Waals surface area contributed by atoms with Gasteiger partial charge in [-0.3, -0.25) is 9.48 Å². The van der Waals surface area contributed by atoms with Crippen LogP contribution in [0.15, 0.2) is 82.1 Å². The van der Waals surface area contributed by atoms with Crippen LogP contribution in [0.25, 0.3) is 11.3 Å². The second kappa shape index (κ2) is 15.3. The van der Waals surface area contributed by atoms with E-state index in [1.165, 1.54) is 12.3 Å². The Balaban J connectivity index is 1.20. The molecule has 0 aliphatic heterocycles. The van der Waals surface area contributed by atoms with E-state index in [1.807, 2.05) is 19.2 Å². The number of phenols is 1. The van der Waals surface area contributed by atoms with Crippen molar-refractivity contribution in [3.05, 3.63) is 83.7 Å². The number of hydrogen-bond donors (Lipinski definition) is 5. The lowest BCUT2D eigenvalue weighted by Gasteiger charge is -2.25. The molecule has 5 N–H and O–H groups in total. The fourth-order valence-electron chi connectivity index (χ4n) is 4.93. The van der Waals surface area contributed by atoms with Gasteiger partial charge in [-0.05, 0) is 72.6 Å². The third-order valence-electron chi connectivity index (χ3n) is 7.58. The first kappa shape index (κ1) is 34.6. The van der Waals surface area contributed by atoms with Gasteiger partial charge >= 0.3 is 0 Å². The number of nitrogens with one attached hydrogen (secondary N) is 1. The number of carbonyl (C=O) groups excluding carboxylic acids is 1. The molecule has 0 saturated carbocycles. The van der Waals surface area contributed by atoms with Crippen LogP contribution in [0.2, 0.25) is 0 Å². The highest BCUT2D eigenvalue weighted by Crippen LogP contribution is 2.45. The van der Waals surface area contributed by atoms with Crippen molar-refractivity contribution in [2.45, 2.75) is 57.9 Å². The van der Waals surface area contributed by atoms with E-state index in [4.69, 9.17) is 4.74 Å². The normalized spacial score (nSPS) is 12.4. The van der Waals surface area contributed by atoms with Crippen LogP contribution in [-0.4, -0.2) is 52.6 Å². The topological polar surface area (TPSA) is 175 Å². The Hall–Kier alpha value is -4.30. The number of pyridine rings is 1. The van der Waals surface area contributed by atoms with E-state index < -0.39 is 10.9 Å². The zero-order chi connectivity index (χ0) is 33.3. The van der Waals surface area contributed by atoms with E-state index in [2.05, 4.69) is 46.4 Å². The van der Waals surface area contributed by atoms with Gasteiger partial charge in [-0.25, -0.2) is 4.98 Å². The number of aryl methyl sites for hydroxylation is 2. The van der Waals surface area contributed by atoms with E-state index in [1.54, 1.807) is 47.3 Å². The number of azo groups is 1. The summed E-state index contributed by atoms with van der Waals surface area (Å²) in [6, 6.07) is 15.0. The minimum Gasteiger partial charge on any atom is -0.507 e. The molecule has 0 spiro atoms. The molecule has 46 heavy (non-hydrogen) atoms. The number of amides is 1. The number of unbranched alkanes of at least 4 members (excludes halogenated alkanes) is 1. The Bertz CT molecular complexity index is 1650. The Morgan fingerprint density at radius 2 is 1.85 bits per heavy atom. The number of nitrogens with zero attached hydrogens (tertiary/aromatic N) is 5. The fraction of sp³-hybridized carbons (Fsp3) is 0.364. The highest BCUT2D eigenvalue weighted by Gasteiger charge is 2.21. The molecule has 0 unspecified atom stereocenters. The van der Waals surface area contributed by atoms with E-state index >= 15 is 0 Å². The van der Waals surface area contributed by atoms with Crippen molar-refractivity contribution in [3.8, 4) is 22.8 Å². The number of benzene rings is 2. The van der Waals surface area contributed by atoms with E-state index in [-0.39, 0.29) is 34.3 Å². The summed E-state index contributed by atoms with van der Waals surface area (Å²) in [5.74, 6) is 0.894. The lowest BCUT2D eigenvalue weighted by molar-refractivity contribution is 0.0933. The van der Waals surface area contributed by atoms with Gasteiger partial charge in [0.1, 0.15) is 22.4 Å². The molecule has 2 aromatic heterocycles. The van der Waals surface area contributed by atoms with Crippen molar-refractivity contribution in [2.24, 2.45) is 22.7 Å². The molecular weight excluding hydrogens is 608 g/mol. The predicted octanol–water partition coefficient (Wildman–Crippen LogP) is 7.62. The molecule has 4 aromatic rings.